The van der Waals surface area contributed by atoms with Crippen molar-refractivity contribution in [3.63, 3.8) is 0 Å². The highest BCUT2D eigenvalue weighted by molar-refractivity contribution is 5.96. The lowest BCUT2D eigenvalue weighted by atomic mass is 9.75. The van der Waals surface area contributed by atoms with Crippen molar-refractivity contribution >= 4 is 11.8 Å². The largest absolute Gasteiger partial charge is 0.343 e. The summed E-state index contributed by atoms with van der Waals surface area (Å²) in [5.74, 6) is 0.202. The third-order valence-electron chi connectivity index (χ3n) is 5.16. The van der Waals surface area contributed by atoms with Gasteiger partial charge in [0.25, 0.3) is 5.91 Å². The number of piperidine rings is 1. The lowest BCUT2D eigenvalue weighted by Gasteiger charge is -2.41. The van der Waals surface area contributed by atoms with E-state index < -0.39 is 11.7 Å². The molecule has 23 heavy (non-hydrogen) atoms. The molecule has 2 atom stereocenters. The summed E-state index contributed by atoms with van der Waals surface area (Å²) < 4.78 is 13.5. The molecule has 1 saturated heterocycles. The van der Waals surface area contributed by atoms with Crippen LogP contribution in [0.4, 0.5) is 4.39 Å². The third kappa shape index (κ3) is 3.71. The summed E-state index contributed by atoms with van der Waals surface area (Å²) in [5.41, 5.74) is -0.0220. The van der Waals surface area contributed by atoms with Gasteiger partial charge >= 0.3 is 0 Å². The van der Waals surface area contributed by atoms with Crippen molar-refractivity contribution in [3.05, 3.63) is 35.6 Å². The van der Waals surface area contributed by atoms with E-state index in [0.717, 1.165) is 25.4 Å². The van der Waals surface area contributed by atoms with Crippen LogP contribution in [0.3, 0.4) is 0 Å². The average Bonchev–Trinajstić information content (AvgIpc) is 2.59. The highest BCUT2D eigenvalue weighted by atomic mass is 19.1. The first kappa shape index (κ1) is 16.0. The number of carbonyl (C=O) groups is 2. The van der Waals surface area contributed by atoms with E-state index in [2.05, 4.69) is 5.32 Å². The van der Waals surface area contributed by atoms with Crippen LogP contribution in [0.2, 0.25) is 0 Å². The molecular formula is C18H23FN2O2. The molecule has 1 aliphatic heterocycles. The van der Waals surface area contributed by atoms with E-state index in [1.165, 1.54) is 43.9 Å². The van der Waals surface area contributed by atoms with Gasteiger partial charge in [0.05, 0.1) is 12.1 Å². The van der Waals surface area contributed by atoms with Crippen molar-refractivity contribution in [1.82, 2.24) is 10.2 Å². The Labute approximate surface area is 136 Å². The molecule has 0 spiro atoms. The van der Waals surface area contributed by atoms with Crippen LogP contribution < -0.4 is 5.32 Å². The zero-order chi connectivity index (χ0) is 16.2. The van der Waals surface area contributed by atoms with Gasteiger partial charge < -0.3 is 10.2 Å². The Morgan fingerprint density at radius 2 is 1.87 bits per heavy atom. The molecule has 2 fully saturated rings. The molecule has 4 nitrogen and oxygen atoms in total. The number of amides is 2. The van der Waals surface area contributed by atoms with Gasteiger partial charge in [-0.1, -0.05) is 31.4 Å². The van der Waals surface area contributed by atoms with Crippen molar-refractivity contribution in [1.29, 1.82) is 0 Å². The standard InChI is InChI=1S/C18H23FN2O2/c19-16-8-4-3-7-15(16)18(23)20-11-17(22)21-10-9-13-5-1-2-6-14(13)12-21/h3-4,7-8,13-14H,1-2,5-6,9-12H2,(H,20,23)/t13-,14-/m0/s1. The maximum atomic E-state index is 13.5. The number of benzene rings is 1. The second-order valence-electron chi connectivity index (χ2n) is 6.60. The topological polar surface area (TPSA) is 49.4 Å². The fraction of sp³-hybridized carbons (Fsp3) is 0.556. The first-order valence-corrected chi connectivity index (χ1v) is 8.45. The molecule has 1 N–H and O–H groups in total. The monoisotopic (exact) mass is 318 g/mol. The van der Waals surface area contributed by atoms with E-state index >= 15 is 0 Å². The maximum Gasteiger partial charge on any atom is 0.254 e. The van der Waals surface area contributed by atoms with E-state index in [9.17, 15) is 14.0 Å². The Morgan fingerprint density at radius 1 is 1.13 bits per heavy atom. The van der Waals surface area contributed by atoms with Crippen LogP contribution in [0.1, 0.15) is 42.5 Å². The zero-order valence-electron chi connectivity index (χ0n) is 13.3. The molecule has 0 unspecified atom stereocenters. The summed E-state index contributed by atoms with van der Waals surface area (Å²) in [5, 5.41) is 2.54. The van der Waals surface area contributed by atoms with Gasteiger partial charge in [-0.15, -0.1) is 0 Å². The number of hydrogen-bond acceptors (Lipinski definition) is 2. The lowest BCUT2D eigenvalue weighted by Crippen LogP contribution is -2.48. The summed E-state index contributed by atoms with van der Waals surface area (Å²) in [6.07, 6.45) is 6.13. The molecule has 0 bridgehead atoms. The molecule has 0 aromatic heterocycles. The fourth-order valence-corrected chi connectivity index (χ4v) is 3.84. The molecule has 2 aliphatic rings. The van der Waals surface area contributed by atoms with Gasteiger partial charge in [0.1, 0.15) is 5.82 Å². The van der Waals surface area contributed by atoms with Crippen molar-refractivity contribution in [2.45, 2.75) is 32.1 Å². The summed E-state index contributed by atoms with van der Waals surface area (Å²) in [6.45, 7) is 1.51. The van der Waals surface area contributed by atoms with Crippen LogP contribution in [0.15, 0.2) is 24.3 Å². The summed E-state index contributed by atoms with van der Waals surface area (Å²) in [4.78, 5) is 26.1. The van der Waals surface area contributed by atoms with Gasteiger partial charge in [-0.05, 0) is 36.8 Å². The SMILES string of the molecule is O=C(NCC(=O)N1CC[C@@H]2CCCC[C@H]2C1)c1ccccc1F. The van der Waals surface area contributed by atoms with Crippen LogP contribution in [-0.4, -0.2) is 36.3 Å². The van der Waals surface area contributed by atoms with Crippen molar-refractivity contribution < 1.29 is 14.0 Å². The Balaban J connectivity index is 1.51. The number of fused-ring (bicyclic) bond motifs is 1. The van der Waals surface area contributed by atoms with E-state index in [4.69, 9.17) is 0 Å². The van der Waals surface area contributed by atoms with Gasteiger partial charge in [0, 0.05) is 13.1 Å². The second kappa shape index (κ2) is 7.11. The Bertz CT molecular complexity index is 590. The summed E-state index contributed by atoms with van der Waals surface area (Å²) >= 11 is 0. The smallest absolute Gasteiger partial charge is 0.254 e. The number of halogens is 1. The molecular weight excluding hydrogens is 295 g/mol. The maximum absolute atomic E-state index is 13.5. The quantitative estimate of drug-likeness (QED) is 0.931. The van der Waals surface area contributed by atoms with E-state index in [0.29, 0.717) is 5.92 Å². The van der Waals surface area contributed by atoms with Crippen LogP contribution >= 0.6 is 0 Å². The van der Waals surface area contributed by atoms with Crippen LogP contribution in [0.5, 0.6) is 0 Å². The van der Waals surface area contributed by atoms with Crippen molar-refractivity contribution in [3.8, 4) is 0 Å². The molecule has 1 aliphatic carbocycles. The Kier molecular flexibility index (Phi) is 4.94. The van der Waals surface area contributed by atoms with Crippen LogP contribution in [0.25, 0.3) is 0 Å². The number of likely N-dealkylation sites (tertiary alicyclic amines) is 1. The van der Waals surface area contributed by atoms with E-state index in [-0.39, 0.29) is 18.0 Å². The predicted molar refractivity (Wildman–Crippen MR) is 85.4 cm³/mol. The Hall–Kier alpha value is -1.91. The third-order valence-corrected chi connectivity index (χ3v) is 5.16. The number of nitrogens with zero attached hydrogens (tertiary/aromatic N) is 1. The van der Waals surface area contributed by atoms with Crippen LogP contribution in [0, 0.1) is 17.7 Å². The average molecular weight is 318 g/mol. The van der Waals surface area contributed by atoms with Gasteiger partial charge in [0.15, 0.2) is 0 Å². The molecule has 0 radical (unpaired) electrons. The minimum absolute atomic E-state index is 0.0220. The number of hydrogen-bond donors (Lipinski definition) is 1. The minimum Gasteiger partial charge on any atom is -0.343 e. The first-order valence-electron chi connectivity index (χ1n) is 8.45. The van der Waals surface area contributed by atoms with Crippen LogP contribution in [-0.2, 0) is 4.79 Å². The van der Waals surface area contributed by atoms with Gasteiger partial charge in [-0.3, -0.25) is 9.59 Å². The highest BCUT2D eigenvalue weighted by Crippen LogP contribution is 2.35. The molecule has 124 valence electrons. The van der Waals surface area contributed by atoms with Gasteiger partial charge in [-0.25, -0.2) is 4.39 Å². The number of rotatable bonds is 3. The fourth-order valence-electron chi connectivity index (χ4n) is 3.84. The molecule has 1 aromatic carbocycles. The molecule has 2 amide bonds. The first-order chi connectivity index (χ1) is 11.1. The second-order valence-corrected chi connectivity index (χ2v) is 6.60. The van der Waals surface area contributed by atoms with Crippen molar-refractivity contribution in [2.24, 2.45) is 11.8 Å². The Morgan fingerprint density at radius 3 is 2.65 bits per heavy atom. The van der Waals surface area contributed by atoms with E-state index in [1.807, 2.05) is 4.90 Å². The molecule has 3 rings (SSSR count). The molecule has 1 saturated carbocycles. The van der Waals surface area contributed by atoms with Gasteiger partial charge in [0.2, 0.25) is 5.91 Å². The highest BCUT2D eigenvalue weighted by Gasteiger charge is 2.32. The predicted octanol–water partition coefficient (Wildman–Crippen LogP) is 2.59. The number of nitrogens with one attached hydrogen (secondary N) is 1. The zero-order valence-corrected chi connectivity index (χ0v) is 13.3. The van der Waals surface area contributed by atoms with E-state index in [1.54, 1.807) is 6.07 Å². The molecule has 1 heterocycles. The lowest BCUT2D eigenvalue weighted by molar-refractivity contribution is -0.133. The molecule has 1 aromatic rings. The summed E-state index contributed by atoms with van der Waals surface area (Å²) in [7, 11) is 0. The number of carbonyl (C=O) groups excluding carboxylic acids is 2. The normalized spacial score (nSPS) is 24.0. The minimum atomic E-state index is -0.569. The molecule has 5 heteroatoms. The van der Waals surface area contributed by atoms with Crippen molar-refractivity contribution in [2.75, 3.05) is 19.6 Å². The summed E-state index contributed by atoms with van der Waals surface area (Å²) in [6, 6.07) is 5.80. The van der Waals surface area contributed by atoms with Gasteiger partial charge in [-0.2, -0.15) is 0 Å².